The van der Waals surface area contributed by atoms with Gasteiger partial charge in [0.1, 0.15) is 5.75 Å². The fourth-order valence-corrected chi connectivity index (χ4v) is 6.16. The van der Waals surface area contributed by atoms with Gasteiger partial charge >= 0.3 is 0 Å². The van der Waals surface area contributed by atoms with Gasteiger partial charge in [-0.3, -0.25) is 14.9 Å². The maximum Gasteiger partial charge on any atom is 0.265 e. The van der Waals surface area contributed by atoms with Crippen LogP contribution in [0.3, 0.4) is 0 Å². The quantitative estimate of drug-likeness (QED) is 0.439. The molecular formula is C24H32N2O5S. The number of piperidine rings is 1. The third kappa shape index (κ3) is 4.98. The first-order valence-corrected chi connectivity index (χ1v) is 12.6. The maximum absolute atomic E-state index is 13.6. The molecule has 32 heavy (non-hydrogen) atoms. The van der Waals surface area contributed by atoms with Crippen LogP contribution < -0.4 is 10.2 Å². The third-order valence-corrected chi connectivity index (χ3v) is 8.81. The molecule has 1 heterocycles. The Bertz CT molecular complexity index is 981. The maximum atomic E-state index is 13.6. The van der Waals surface area contributed by atoms with E-state index in [4.69, 9.17) is 4.74 Å². The summed E-state index contributed by atoms with van der Waals surface area (Å²) in [5.41, 5.74) is 2.73. The second kappa shape index (κ2) is 10.5. The van der Waals surface area contributed by atoms with Gasteiger partial charge in [-0.15, -0.1) is 0 Å². The van der Waals surface area contributed by atoms with Crippen molar-refractivity contribution in [2.24, 2.45) is 0 Å². The van der Waals surface area contributed by atoms with E-state index in [2.05, 4.69) is 4.90 Å². The minimum absolute atomic E-state index is 0.0505. The Morgan fingerprint density at radius 3 is 2.19 bits per heavy atom. The molecular weight excluding hydrogens is 428 g/mol. The van der Waals surface area contributed by atoms with E-state index < -0.39 is 20.5 Å². The smallest absolute Gasteiger partial charge is 0.265 e. The van der Waals surface area contributed by atoms with Gasteiger partial charge in [0.05, 0.1) is 11.0 Å². The highest BCUT2D eigenvalue weighted by Gasteiger charge is 2.52. The molecule has 0 unspecified atom stereocenters. The van der Waals surface area contributed by atoms with Crippen molar-refractivity contribution in [2.45, 2.75) is 61.8 Å². The number of ether oxygens (including phenoxy) is 1. The number of rotatable bonds is 9. The molecule has 2 aromatic rings. The summed E-state index contributed by atoms with van der Waals surface area (Å²) >= 11 is 0. The van der Waals surface area contributed by atoms with Gasteiger partial charge in [0, 0.05) is 19.6 Å². The van der Waals surface area contributed by atoms with Crippen LogP contribution in [0.1, 0.15) is 45.1 Å². The first-order valence-electron chi connectivity index (χ1n) is 11.1. The van der Waals surface area contributed by atoms with Gasteiger partial charge in [-0.05, 0) is 55.5 Å². The van der Waals surface area contributed by atoms with Crippen LogP contribution in [0.4, 0.5) is 0 Å². The highest BCUT2D eigenvalue weighted by molar-refractivity contribution is 7.93. The van der Waals surface area contributed by atoms with Gasteiger partial charge in [0.25, 0.3) is 5.91 Å². The third-order valence-electron chi connectivity index (χ3n) is 6.29. The largest absolute Gasteiger partial charge is 0.490 e. The van der Waals surface area contributed by atoms with Crippen molar-refractivity contribution in [3.63, 3.8) is 0 Å². The van der Waals surface area contributed by atoms with Crippen LogP contribution in [0.2, 0.25) is 0 Å². The minimum atomic E-state index is -4.04. The number of carbonyl (C=O) groups is 1. The Balaban J connectivity index is 1.80. The van der Waals surface area contributed by atoms with Gasteiger partial charge in [-0.25, -0.2) is 13.9 Å². The highest BCUT2D eigenvalue weighted by Crippen LogP contribution is 2.37. The summed E-state index contributed by atoms with van der Waals surface area (Å²) < 4.78 is 31.3. The van der Waals surface area contributed by atoms with Crippen LogP contribution in [-0.2, 0) is 21.2 Å². The van der Waals surface area contributed by atoms with E-state index >= 15 is 0 Å². The minimum Gasteiger partial charge on any atom is -0.490 e. The van der Waals surface area contributed by atoms with E-state index in [0.29, 0.717) is 25.4 Å². The number of nitrogens with zero attached hydrogens (tertiary/aromatic N) is 1. The lowest BCUT2D eigenvalue weighted by atomic mass is 9.94. The number of likely N-dealkylation sites (tertiary alicyclic amines) is 1. The second-order valence-corrected chi connectivity index (χ2v) is 10.5. The Kier molecular flexibility index (Phi) is 7.92. The van der Waals surface area contributed by atoms with Crippen molar-refractivity contribution in [1.82, 2.24) is 10.4 Å². The summed E-state index contributed by atoms with van der Waals surface area (Å²) in [5.74, 6) is -0.287. The van der Waals surface area contributed by atoms with Crippen LogP contribution >= 0.6 is 0 Å². The van der Waals surface area contributed by atoms with Crippen molar-refractivity contribution in [2.75, 3.05) is 13.1 Å². The molecule has 174 valence electrons. The van der Waals surface area contributed by atoms with E-state index in [0.717, 1.165) is 18.4 Å². The fourth-order valence-electron chi connectivity index (χ4n) is 4.20. The van der Waals surface area contributed by atoms with E-state index in [9.17, 15) is 18.4 Å². The molecule has 3 rings (SSSR count). The van der Waals surface area contributed by atoms with Gasteiger partial charge in [0.2, 0.25) is 0 Å². The van der Waals surface area contributed by atoms with Crippen LogP contribution in [0.25, 0.3) is 0 Å². The summed E-state index contributed by atoms with van der Waals surface area (Å²) in [6, 6.07) is 16.1. The van der Waals surface area contributed by atoms with Crippen LogP contribution in [0, 0.1) is 0 Å². The molecule has 0 aromatic heterocycles. The zero-order valence-electron chi connectivity index (χ0n) is 18.7. The fraction of sp³-hybridized carbons (Fsp3) is 0.458. The monoisotopic (exact) mass is 460 g/mol. The molecule has 0 aliphatic carbocycles. The van der Waals surface area contributed by atoms with Gasteiger partial charge < -0.3 is 4.74 Å². The van der Waals surface area contributed by atoms with Gasteiger partial charge in [0.15, 0.2) is 14.6 Å². The number of hydrogen-bond donors (Lipinski definition) is 2. The molecule has 1 fully saturated rings. The van der Waals surface area contributed by atoms with Crippen LogP contribution in [0.15, 0.2) is 59.5 Å². The van der Waals surface area contributed by atoms with Crippen molar-refractivity contribution >= 4 is 15.7 Å². The molecule has 1 aliphatic rings. The Morgan fingerprint density at radius 1 is 1.06 bits per heavy atom. The van der Waals surface area contributed by atoms with Crippen molar-refractivity contribution < 1.29 is 23.2 Å². The number of benzene rings is 2. The van der Waals surface area contributed by atoms with E-state index in [1.165, 1.54) is 12.1 Å². The molecule has 0 radical (unpaired) electrons. The van der Waals surface area contributed by atoms with Crippen molar-refractivity contribution in [3.8, 4) is 5.75 Å². The van der Waals surface area contributed by atoms with E-state index in [1.54, 1.807) is 17.6 Å². The number of hydrogen-bond acceptors (Lipinski definition) is 6. The molecule has 1 saturated heterocycles. The van der Waals surface area contributed by atoms with Crippen molar-refractivity contribution in [3.05, 3.63) is 60.2 Å². The molecule has 8 heteroatoms. The lowest BCUT2D eigenvalue weighted by Gasteiger charge is -2.39. The highest BCUT2D eigenvalue weighted by atomic mass is 32.2. The number of hydroxylamine groups is 1. The Hall–Kier alpha value is -2.42. The predicted octanol–water partition coefficient (Wildman–Crippen LogP) is 3.57. The summed E-state index contributed by atoms with van der Waals surface area (Å²) in [7, 11) is -4.04. The molecule has 2 aromatic carbocycles. The lowest BCUT2D eigenvalue weighted by Crippen LogP contribution is -2.57. The molecule has 0 spiro atoms. The molecule has 1 aliphatic heterocycles. The molecule has 0 bridgehead atoms. The Morgan fingerprint density at radius 2 is 1.66 bits per heavy atom. The molecule has 2 N–H and O–H groups in total. The average Bonchev–Trinajstić information content (AvgIpc) is 2.83. The average molecular weight is 461 g/mol. The number of carbonyl (C=O) groups excluding carboxylic acids is 1. The first kappa shape index (κ1) is 24.2. The number of nitrogens with one attached hydrogen (secondary N) is 1. The molecule has 0 saturated carbocycles. The van der Waals surface area contributed by atoms with Crippen molar-refractivity contribution in [1.29, 1.82) is 0 Å². The van der Waals surface area contributed by atoms with Crippen LogP contribution in [0.5, 0.6) is 5.75 Å². The summed E-state index contributed by atoms with van der Waals surface area (Å²) in [6.07, 6.45) is 1.98. The zero-order valence-corrected chi connectivity index (χ0v) is 19.5. The van der Waals surface area contributed by atoms with Gasteiger partial charge in [-0.2, -0.15) is 0 Å². The number of amides is 1. The molecule has 0 atom stereocenters. The molecule has 1 amide bonds. The topological polar surface area (TPSA) is 95.9 Å². The standard InChI is InChI=1S/C24H32N2O5S/c1-3-20(4-2)31-21-10-12-22(13-11-21)32(29,30)24(23(27)25-28)14-16-26(17-15-24)18-19-8-6-5-7-9-19/h5-13,20,28H,3-4,14-18H2,1-2H3,(H,25,27). The van der Waals surface area contributed by atoms with Crippen LogP contribution in [-0.4, -0.2) is 48.4 Å². The second-order valence-electron chi connectivity index (χ2n) is 8.23. The van der Waals surface area contributed by atoms with E-state index in [-0.39, 0.29) is 23.8 Å². The number of sulfone groups is 1. The molecule has 7 nitrogen and oxygen atoms in total. The van der Waals surface area contributed by atoms with Gasteiger partial charge in [-0.1, -0.05) is 44.2 Å². The Labute approximate surface area is 190 Å². The SMILES string of the molecule is CCC(CC)Oc1ccc(S(=O)(=O)C2(C(=O)NO)CCN(Cc3ccccc3)CC2)cc1. The summed E-state index contributed by atoms with van der Waals surface area (Å²) in [4.78, 5) is 14.9. The summed E-state index contributed by atoms with van der Waals surface area (Å²) in [6.45, 7) is 5.61. The summed E-state index contributed by atoms with van der Waals surface area (Å²) in [5, 5.41) is 9.36. The first-order chi connectivity index (χ1) is 15.4. The zero-order chi connectivity index (χ0) is 23.2. The predicted molar refractivity (Wildman–Crippen MR) is 122 cm³/mol. The normalized spacial score (nSPS) is 16.6. The lowest BCUT2D eigenvalue weighted by molar-refractivity contribution is -0.133. The van der Waals surface area contributed by atoms with E-state index in [1.807, 2.05) is 44.2 Å².